The van der Waals surface area contributed by atoms with Gasteiger partial charge in [0, 0.05) is 11.3 Å². The number of benzene rings is 1. The van der Waals surface area contributed by atoms with Crippen LogP contribution in [0.1, 0.15) is 12.0 Å². The highest BCUT2D eigenvalue weighted by Gasteiger charge is 2.35. The number of hydrogen-bond acceptors (Lipinski definition) is 2. The van der Waals surface area contributed by atoms with E-state index in [2.05, 4.69) is 0 Å². The summed E-state index contributed by atoms with van der Waals surface area (Å²) in [6.07, 6.45) is 0.651. The Kier molecular flexibility index (Phi) is 2.30. The van der Waals surface area contributed by atoms with Crippen LogP contribution in [0, 0.1) is 5.82 Å². The van der Waals surface area contributed by atoms with Crippen LogP contribution >= 0.6 is 11.8 Å². The van der Waals surface area contributed by atoms with E-state index < -0.39 is 5.60 Å². The maximum atomic E-state index is 13.3. The normalized spacial score (nSPS) is 27.8. The number of rotatable bonds is 1. The van der Waals surface area contributed by atoms with Crippen molar-refractivity contribution in [1.29, 1.82) is 0 Å². The summed E-state index contributed by atoms with van der Waals surface area (Å²) in [6, 6.07) is 6.47. The Morgan fingerprint density at radius 3 is 2.77 bits per heavy atom. The molecule has 70 valence electrons. The Labute approximate surface area is 81.0 Å². The number of thioether (sulfide) groups is 1. The van der Waals surface area contributed by atoms with E-state index in [1.165, 1.54) is 6.07 Å². The second kappa shape index (κ2) is 3.31. The summed E-state index contributed by atoms with van der Waals surface area (Å²) >= 11 is 1.67. The zero-order valence-electron chi connectivity index (χ0n) is 7.16. The molecule has 1 nitrogen and oxygen atoms in total. The molecule has 0 aliphatic carbocycles. The Balaban J connectivity index is 2.39. The molecule has 1 atom stereocenters. The van der Waals surface area contributed by atoms with Crippen LogP contribution in [0.4, 0.5) is 4.39 Å². The number of aliphatic hydroxyl groups is 1. The monoisotopic (exact) mass is 198 g/mol. The van der Waals surface area contributed by atoms with Crippen molar-refractivity contribution in [3.05, 3.63) is 35.6 Å². The van der Waals surface area contributed by atoms with Gasteiger partial charge in [-0.1, -0.05) is 18.2 Å². The molecule has 1 N–H and O–H groups in total. The Hall–Kier alpha value is -0.540. The van der Waals surface area contributed by atoms with Gasteiger partial charge in [0.1, 0.15) is 11.4 Å². The van der Waals surface area contributed by atoms with Crippen LogP contribution in [0.5, 0.6) is 0 Å². The first-order chi connectivity index (χ1) is 6.22. The molecule has 1 aromatic rings. The molecule has 0 aromatic heterocycles. The minimum absolute atomic E-state index is 0.299. The molecule has 13 heavy (non-hydrogen) atoms. The molecule has 1 aliphatic rings. The Morgan fingerprint density at radius 1 is 1.38 bits per heavy atom. The summed E-state index contributed by atoms with van der Waals surface area (Å²) in [5, 5.41) is 10.1. The van der Waals surface area contributed by atoms with Crippen molar-refractivity contribution < 1.29 is 9.50 Å². The van der Waals surface area contributed by atoms with Crippen LogP contribution in [0.3, 0.4) is 0 Å². The summed E-state index contributed by atoms with van der Waals surface area (Å²) in [5.41, 5.74) is -0.490. The molecule has 1 heterocycles. The number of hydrogen-bond donors (Lipinski definition) is 1. The van der Waals surface area contributed by atoms with Gasteiger partial charge in [-0.05, 0) is 18.2 Å². The van der Waals surface area contributed by atoms with Crippen LogP contribution < -0.4 is 0 Å². The third kappa shape index (κ3) is 1.58. The van der Waals surface area contributed by atoms with Gasteiger partial charge in [-0.2, -0.15) is 11.8 Å². The van der Waals surface area contributed by atoms with Crippen molar-refractivity contribution in [3.63, 3.8) is 0 Å². The smallest absolute Gasteiger partial charge is 0.129 e. The molecular formula is C10H11FOS. The molecule has 1 fully saturated rings. The average molecular weight is 198 g/mol. The van der Waals surface area contributed by atoms with Gasteiger partial charge < -0.3 is 5.11 Å². The number of halogens is 1. The standard InChI is InChI=1S/C10H11FOS/c11-9-4-2-1-3-8(9)10(12)5-6-13-7-10/h1-4,12H,5-7H2/t10-/m1/s1. The maximum Gasteiger partial charge on any atom is 0.129 e. The topological polar surface area (TPSA) is 20.2 Å². The third-order valence-corrected chi connectivity index (χ3v) is 3.55. The van der Waals surface area contributed by atoms with Gasteiger partial charge in [-0.3, -0.25) is 0 Å². The SMILES string of the molecule is O[C@]1(c2ccccc2F)CCSC1. The van der Waals surface area contributed by atoms with Gasteiger partial charge in [0.2, 0.25) is 0 Å². The van der Waals surface area contributed by atoms with Gasteiger partial charge >= 0.3 is 0 Å². The van der Waals surface area contributed by atoms with Crippen molar-refractivity contribution >= 4 is 11.8 Å². The zero-order chi connectivity index (χ0) is 9.31. The minimum atomic E-state index is -0.935. The molecule has 0 amide bonds. The molecule has 0 unspecified atom stereocenters. The van der Waals surface area contributed by atoms with Crippen molar-refractivity contribution in [1.82, 2.24) is 0 Å². The fourth-order valence-corrected chi connectivity index (χ4v) is 2.87. The molecule has 0 radical (unpaired) electrons. The second-order valence-corrected chi connectivity index (χ2v) is 4.42. The maximum absolute atomic E-state index is 13.3. The Bertz CT molecular complexity index is 308. The first kappa shape index (κ1) is 9.03. The van der Waals surface area contributed by atoms with E-state index in [1.54, 1.807) is 30.0 Å². The van der Waals surface area contributed by atoms with E-state index in [1.807, 2.05) is 0 Å². The minimum Gasteiger partial charge on any atom is -0.384 e. The molecular weight excluding hydrogens is 187 g/mol. The fourth-order valence-electron chi connectivity index (χ4n) is 1.61. The third-order valence-electron chi connectivity index (χ3n) is 2.38. The summed E-state index contributed by atoms with van der Waals surface area (Å²) in [6.45, 7) is 0. The quantitative estimate of drug-likeness (QED) is 0.746. The van der Waals surface area contributed by atoms with Crippen LogP contribution in [0.25, 0.3) is 0 Å². The van der Waals surface area contributed by atoms with Gasteiger partial charge in [-0.25, -0.2) is 4.39 Å². The van der Waals surface area contributed by atoms with Crippen LogP contribution in [-0.4, -0.2) is 16.6 Å². The lowest BCUT2D eigenvalue weighted by atomic mass is 9.93. The summed E-state index contributed by atoms with van der Waals surface area (Å²) in [5.74, 6) is 1.21. The first-order valence-corrected chi connectivity index (χ1v) is 5.43. The predicted octanol–water partition coefficient (Wildman–Crippen LogP) is 2.15. The molecule has 0 spiro atoms. The fraction of sp³-hybridized carbons (Fsp3) is 0.400. The van der Waals surface area contributed by atoms with Crippen molar-refractivity contribution in [2.45, 2.75) is 12.0 Å². The lowest BCUT2D eigenvalue weighted by molar-refractivity contribution is 0.0619. The summed E-state index contributed by atoms with van der Waals surface area (Å²) in [4.78, 5) is 0. The van der Waals surface area contributed by atoms with E-state index in [0.29, 0.717) is 17.7 Å². The predicted molar refractivity (Wildman–Crippen MR) is 52.2 cm³/mol. The van der Waals surface area contributed by atoms with Crippen LogP contribution in [0.15, 0.2) is 24.3 Å². The largest absolute Gasteiger partial charge is 0.384 e. The van der Waals surface area contributed by atoms with E-state index >= 15 is 0 Å². The molecule has 1 saturated heterocycles. The van der Waals surface area contributed by atoms with Gasteiger partial charge in [0.25, 0.3) is 0 Å². The molecule has 3 heteroatoms. The van der Waals surface area contributed by atoms with Gasteiger partial charge in [-0.15, -0.1) is 0 Å². The lowest BCUT2D eigenvalue weighted by Crippen LogP contribution is -2.26. The Morgan fingerprint density at radius 2 is 2.15 bits per heavy atom. The highest BCUT2D eigenvalue weighted by atomic mass is 32.2. The van der Waals surface area contributed by atoms with E-state index in [9.17, 15) is 9.50 Å². The summed E-state index contributed by atoms with van der Waals surface area (Å²) < 4.78 is 13.3. The highest BCUT2D eigenvalue weighted by molar-refractivity contribution is 7.99. The van der Waals surface area contributed by atoms with Crippen molar-refractivity contribution in [3.8, 4) is 0 Å². The molecule has 1 aliphatic heterocycles. The lowest BCUT2D eigenvalue weighted by Gasteiger charge is -2.21. The molecule has 0 saturated carbocycles. The van der Waals surface area contributed by atoms with Crippen LogP contribution in [0.2, 0.25) is 0 Å². The van der Waals surface area contributed by atoms with Crippen LogP contribution in [-0.2, 0) is 5.60 Å². The highest BCUT2D eigenvalue weighted by Crippen LogP contribution is 2.37. The summed E-state index contributed by atoms with van der Waals surface area (Å²) in [7, 11) is 0. The second-order valence-electron chi connectivity index (χ2n) is 3.31. The molecule has 0 bridgehead atoms. The van der Waals surface area contributed by atoms with Gasteiger partial charge in [0.15, 0.2) is 0 Å². The van der Waals surface area contributed by atoms with E-state index in [0.717, 1.165) is 5.75 Å². The van der Waals surface area contributed by atoms with Gasteiger partial charge in [0.05, 0.1) is 0 Å². The van der Waals surface area contributed by atoms with Crippen molar-refractivity contribution in [2.24, 2.45) is 0 Å². The van der Waals surface area contributed by atoms with E-state index in [4.69, 9.17) is 0 Å². The van der Waals surface area contributed by atoms with E-state index in [-0.39, 0.29) is 5.82 Å². The molecule has 1 aromatic carbocycles. The molecule has 2 rings (SSSR count). The first-order valence-electron chi connectivity index (χ1n) is 4.27. The zero-order valence-corrected chi connectivity index (χ0v) is 7.98. The average Bonchev–Trinajstić information content (AvgIpc) is 2.54. The van der Waals surface area contributed by atoms with Crippen molar-refractivity contribution in [2.75, 3.05) is 11.5 Å².